The van der Waals surface area contributed by atoms with Gasteiger partial charge in [-0.15, -0.1) is 11.8 Å². The van der Waals surface area contributed by atoms with Crippen LogP contribution in [0.25, 0.3) is 0 Å². The van der Waals surface area contributed by atoms with Crippen molar-refractivity contribution in [3.8, 4) is 0 Å². The Morgan fingerprint density at radius 1 is 1.15 bits per heavy atom. The predicted molar refractivity (Wildman–Crippen MR) is 83.4 cm³/mol. The standard InChI is InChI=1S/C14H16N2O2S2/c1-19-13-7-5-12(6-8-13)16-20(17,18)14-4-2-3-11(9-14)10-15/h2-9,16H,10,15H2,1H3. The van der Waals surface area contributed by atoms with Gasteiger partial charge in [-0.3, -0.25) is 4.72 Å². The fraction of sp³-hybridized carbons (Fsp3) is 0.143. The Balaban J connectivity index is 2.25. The number of sulfonamides is 1. The molecular formula is C14H16N2O2S2. The van der Waals surface area contributed by atoms with Gasteiger partial charge in [0.1, 0.15) is 0 Å². The van der Waals surface area contributed by atoms with E-state index in [9.17, 15) is 8.42 Å². The van der Waals surface area contributed by atoms with Gasteiger partial charge < -0.3 is 5.73 Å². The summed E-state index contributed by atoms with van der Waals surface area (Å²) in [5.41, 5.74) is 6.85. The van der Waals surface area contributed by atoms with Gasteiger partial charge in [0.05, 0.1) is 4.90 Å². The Bertz CT molecular complexity index is 683. The van der Waals surface area contributed by atoms with Gasteiger partial charge in [-0.1, -0.05) is 12.1 Å². The normalized spacial score (nSPS) is 11.3. The fourth-order valence-corrected chi connectivity index (χ4v) is 3.25. The van der Waals surface area contributed by atoms with Gasteiger partial charge in [0, 0.05) is 17.1 Å². The molecule has 0 bridgehead atoms. The third-order valence-electron chi connectivity index (χ3n) is 2.79. The van der Waals surface area contributed by atoms with Crippen LogP contribution >= 0.6 is 11.8 Å². The molecule has 0 aliphatic heterocycles. The molecule has 0 unspecified atom stereocenters. The Labute approximate surface area is 123 Å². The van der Waals surface area contributed by atoms with E-state index in [0.717, 1.165) is 10.5 Å². The minimum Gasteiger partial charge on any atom is -0.326 e. The van der Waals surface area contributed by atoms with E-state index >= 15 is 0 Å². The van der Waals surface area contributed by atoms with Crippen molar-refractivity contribution < 1.29 is 8.42 Å². The summed E-state index contributed by atoms with van der Waals surface area (Å²) >= 11 is 1.61. The highest BCUT2D eigenvalue weighted by Gasteiger charge is 2.14. The molecule has 20 heavy (non-hydrogen) atoms. The van der Waals surface area contributed by atoms with Crippen molar-refractivity contribution in [2.24, 2.45) is 5.73 Å². The third kappa shape index (κ3) is 3.53. The van der Waals surface area contributed by atoms with Crippen LogP contribution in [0, 0.1) is 0 Å². The van der Waals surface area contributed by atoms with Crippen molar-refractivity contribution in [1.29, 1.82) is 0 Å². The van der Waals surface area contributed by atoms with Crippen LogP contribution in [0.1, 0.15) is 5.56 Å². The lowest BCUT2D eigenvalue weighted by atomic mass is 10.2. The summed E-state index contributed by atoms with van der Waals surface area (Å²) < 4.78 is 27.1. The van der Waals surface area contributed by atoms with Crippen molar-refractivity contribution in [3.05, 3.63) is 54.1 Å². The highest BCUT2D eigenvalue weighted by Crippen LogP contribution is 2.20. The molecule has 0 saturated carbocycles. The summed E-state index contributed by atoms with van der Waals surface area (Å²) in [6.45, 7) is 0.311. The second kappa shape index (κ2) is 6.30. The number of rotatable bonds is 5. The molecule has 0 spiro atoms. The zero-order valence-electron chi connectivity index (χ0n) is 11.0. The average molecular weight is 308 g/mol. The molecule has 2 aromatic rings. The van der Waals surface area contributed by atoms with E-state index < -0.39 is 10.0 Å². The Morgan fingerprint density at radius 2 is 1.85 bits per heavy atom. The van der Waals surface area contributed by atoms with E-state index in [1.807, 2.05) is 18.4 Å². The summed E-state index contributed by atoms with van der Waals surface area (Å²) in [4.78, 5) is 1.30. The Hall–Kier alpha value is -1.50. The number of hydrogen-bond acceptors (Lipinski definition) is 4. The first-order valence-electron chi connectivity index (χ1n) is 6.01. The molecule has 2 rings (SSSR count). The quantitative estimate of drug-likeness (QED) is 0.833. The number of thioether (sulfide) groups is 1. The minimum absolute atomic E-state index is 0.217. The van der Waals surface area contributed by atoms with Gasteiger partial charge >= 0.3 is 0 Å². The first kappa shape index (κ1) is 14.9. The molecule has 3 N–H and O–H groups in total. The molecule has 0 radical (unpaired) electrons. The molecule has 0 amide bonds. The maximum atomic E-state index is 12.3. The van der Waals surface area contributed by atoms with Gasteiger partial charge in [-0.2, -0.15) is 0 Å². The van der Waals surface area contributed by atoms with E-state index in [1.165, 1.54) is 0 Å². The summed E-state index contributed by atoms with van der Waals surface area (Å²) in [5.74, 6) is 0. The van der Waals surface area contributed by atoms with Crippen LogP contribution < -0.4 is 10.5 Å². The smallest absolute Gasteiger partial charge is 0.261 e. The molecule has 0 aliphatic carbocycles. The van der Waals surface area contributed by atoms with E-state index in [0.29, 0.717) is 12.2 Å². The summed E-state index contributed by atoms with van der Waals surface area (Å²) in [6, 6.07) is 13.9. The lowest BCUT2D eigenvalue weighted by molar-refractivity contribution is 0.601. The summed E-state index contributed by atoms with van der Waals surface area (Å²) in [7, 11) is -3.58. The maximum Gasteiger partial charge on any atom is 0.261 e. The van der Waals surface area contributed by atoms with E-state index in [4.69, 9.17) is 5.73 Å². The van der Waals surface area contributed by atoms with Crippen LogP contribution in [0.5, 0.6) is 0 Å². The summed E-state index contributed by atoms with van der Waals surface area (Å²) in [6.07, 6.45) is 1.97. The van der Waals surface area contributed by atoms with Gasteiger partial charge in [-0.25, -0.2) is 8.42 Å². The van der Waals surface area contributed by atoms with Gasteiger partial charge in [0.25, 0.3) is 10.0 Å². The molecule has 106 valence electrons. The molecule has 0 aliphatic rings. The molecule has 0 atom stereocenters. The monoisotopic (exact) mass is 308 g/mol. The number of anilines is 1. The van der Waals surface area contributed by atoms with Crippen LogP contribution in [-0.4, -0.2) is 14.7 Å². The average Bonchev–Trinajstić information content (AvgIpc) is 2.48. The molecule has 6 heteroatoms. The molecule has 2 aromatic carbocycles. The van der Waals surface area contributed by atoms with Crippen LogP contribution in [0.4, 0.5) is 5.69 Å². The van der Waals surface area contributed by atoms with E-state index in [2.05, 4.69) is 4.72 Å². The maximum absolute atomic E-state index is 12.3. The molecule has 0 aromatic heterocycles. The first-order valence-corrected chi connectivity index (χ1v) is 8.72. The SMILES string of the molecule is CSc1ccc(NS(=O)(=O)c2cccc(CN)c2)cc1. The highest BCUT2D eigenvalue weighted by atomic mass is 32.2. The number of nitrogens with two attached hydrogens (primary N) is 1. The van der Waals surface area contributed by atoms with Crippen LogP contribution in [0.3, 0.4) is 0 Å². The minimum atomic E-state index is -3.58. The highest BCUT2D eigenvalue weighted by molar-refractivity contribution is 7.98. The fourth-order valence-electron chi connectivity index (χ4n) is 1.71. The Morgan fingerprint density at radius 3 is 2.45 bits per heavy atom. The third-order valence-corrected chi connectivity index (χ3v) is 4.91. The summed E-state index contributed by atoms with van der Waals surface area (Å²) in [5, 5.41) is 0. The van der Waals surface area contributed by atoms with Crippen molar-refractivity contribution in [2.75, 3.05) is 11.0 Å². The Kier molecular flexibility index (Phi) is 4.69. The number of benzene rings is 2. The largest absolute Gasteiger partial charge is 0.326 e. The van der Waals surface area contributed by atoms with Crippen LogP contribution in [0.2, 0.25) is 0 Å². The lowest BCUT2D eigenvalue weighted by Crippen LogP contribution is -2.13. The van der Waals surface area contributed by atoms with Crippen molar-refractivity contribution >= 4 is 27.5 Å². The molecular weight excluding hydrogens is 292 g/mol. The first-order chi connectivity index (χ1) is 9.55. The van der Waals surface area contributed by atoms with E-state index in [1.54, 1.807) is 48.2 Å². The van der Waals surface area contributed by atoms with Gasteiger partial charge in [0.2, 0.25) is 0 Å². The van der Waals surface area contributed by atoms with E-state index in [-0.39, 0.29) is 4.90 Å². The van der Waals surface area contributed by atoms with Gasteiger partial charge in [0.15, 0.2) is 0 Å². The molecule has 0 heterocycles. The zero-order valence-corrected chi connectivity index (χ0v) is 12.7. The number of hydrogen-bond donors (Lipinski definition) is 2. The zero-order chi connectivity index (χ0) is 14.6. The molecule has 0 saturated heterocycles. The van der Waals surface area contributed by atoms with Crippen LogP contribution in [-0.2, 0) is 16.6 Å². The topological polar surface area (TPSA) is 72.2 Å². The lowest BCUT2D eigenvalue weighted by Gasteiger charge is -2.09. The van der Waals surface area contributed by atoms with Crippen LogP contribution in [0.15, 0.2) is 58.3 Å². The van der Waals surface area contributed by atoms with Crippen molar-refractivity contribution in [1.82, 2.24) is 0 Å². The molecule has 4 nitrogen and oxygen atoms in total. The van der Waals surface area contributed by atoms with Gasteiger partial charge in [-0.05, 0) is 48.2 Å². The number of nitrogens with one attached hydrogen (secondary N) is 1. The van der Waals surface area contributed by atoms with Crippen molar-refractivity contribution in [3.63, 3.8) is 0 Å². The van der Waals surface area contributed by atoms with Crippen molar-refractivity contribution in [2.45, 2.75) is 16.3 Å². The second-order valence-corrected chi connectivity index (χ2v) is 6.75. The predicted octanol–water partition coefficient (Wildman–Crippen LogP) is 2.67. The molecule has 0 fully saturated rings. The second-order valence-electron chi connectivity index (χ2n) is 4.19.